The van der Waals surface area contributed by atoms with Crippen molar-refractivity contribution in [3.05, 3.63) is 40.4 Å². The third-order valence-electron chi connectivity index (χ3n) is 3.75. The second-order valence-electron chi connectivity index (χ2n) is 5.31. The average molecular weight is 338 g/mol. The molecule has 1 fully saturated rings. The molecule has 2 aromatic rings. The van der Waals surface area contributed by atoms with E-state index in [2.05, 4.69) is 37.0 Å². The predicted molar refractivity (Wildman–Crippen MR) is 81.9 cm³/mol. The average Bonchev–Trinajstić information content (AvgIpc) is 3.03. The minimum Gasteiger partial charge on any atom is -0.326 e. The van der Waals surface area contributed by atoms with E-state index in [1.54, 1.807) is 12.1 Å². The molecule has 20 heavy (non-hydrogen) atoms. The largest absolute Gasteiger partial charge is 0.326 e. The second-order valence-corrected chi connectivity index (χ2v) is 6.16. The van der Waals surface area contributed by atoms with Crippen LogP contribution in [0.3, 0.4) is 0 Å². The highest BCUT2D eigenvalue weighted by Gasteiger charge is 2.20. The predicted octanol–water partition coefficient (Wildman–Crippen LogP) is 4.95. The number of hydrogen-bond donors (Lipinski definition) is 1. The molecule has 1 aliphatic rings. The van der Waals surface area contributed by atoms with Crippen molar-refractivity contribution in [1.82, 2.24) is 9.55 Å². The fraction of sp³-hybridized carbons (Fsp3) is 0.400. The summed E-state index contributed by atoms with van der Waals surface area (Å²) in [6.45, 7) is 2.00. The highest BCUT2D eigenvalue weighted by molar-refractivity contribution is 9.10. The number of rotatable bonds is 3. The van der Waals surface area contributed by atoms with Crippen molar-refractivity contribution >= 4 is 27.6 Å². The molecule has 0 amide bonds. The van der Waals surface area contributed by atoms with Gasteiger partial charge in [-0.25, -0.2) is 9.37 Å². The van der Waals surface area contributed by atoms with E-state index in [1.807, 2.05) is 6.92 Å². The molecule has 106 valence electrons. The maximum atomic E-state index is 13.3. The van der Waals surface area contributed by atoms with E-state index in [0.717, 1.165) is 17.3 Å². The van der Waals surface area contributed by atoms with E-state index in [-0.39, 0.29) is 5.82 Å². The van der Waals surface area contributed by atoms with Crippen molar-refractivity contribution < 1.29 is 4.39 Å². The van der Waals surface area contributed by atoms with E-state index < -0.39 is 0 Å². The van der Waals surface area contributed by atoms with Gasteiger partial charge >= 0.3 is 0 Å². The molecule has 0 atom stereocenters. The molecule has 3 nitrogen and oxygen atoms in total. The number of aryl methyl sites for hydroxylation is 1. The lowest BCUT2D eigenvalue weighted by molar-refractivity contribution is 0.524. The standard InChI is InChI=1S/C15H17BrFN3/c1-10-9-20(12-4-2-3-5-12)15(18-10)19-11-6-7-14(17)13(16)8-11/h6-9,12H,2-5H2,1H3,(H,18,19). The van der Waals surface area contributed by atoms with Crippen molar-refractivity contribution in [2.24, 2.45) is 0 Å². The van der Waals surface area contributed by atoms with E-state index in [1.165, 1.54) is 31.7 Å². The monoisotopic (exact) mass is 337 g/mol. The van der Waals surface area contributed by atoms with Gasteiger partial charge in [0, 0.05) is 17.9 Å². The van der Waals surface area contributed by atoms with Crippen LogP contribution < -0.4 is 5.32 Å². The molecule has 3 rings (SSSR count). The Balaban J connectivity index is 1.87. The van der Waals surface area contributed by atoms with Crippen LogP contribution >= 0.6 is 15.9 Å². The number of halogens is 2. The van der Waals surface area contributed by atoms with E-state index in [4.69, 9.17) is 0 Å². The first-order valence-corrected chi connectivity index (χ1v) is 7.70. The molecule has 0 bridgehead atoms. The Bertz CT molecular complexity index is 618. The molecule has 5 heteroatoms. The van der Waals surface area contributed by atoms with Gasteiger partial charge in [0.2, 0.25) is 5.95 Å². The Morgan fingerprint density at radius 3 is 2.80 bits per heavy atom. The van der Waals surface area contributed by atoms with Crippen LogP contribution in [0.5, 0.6) is 0 Å². The van der Waals surface area contributed by atoms with Gasteiger partial charge in [0.1, 0.15) is 5.82 Å². The Morgan fingerprint density at radius 1 is 1.35 bits per heavy atom. The highest BCUT2D eigenvalue weighted by atomic mass is 79.9. The maximum Gasteiger partial charge on any atom is 0.207 e. The topological polar surface area (TPSA) is 29.9 Å². The molecule has 0 aliphatic heterocycles. The Kier molecular flexibility index (Phi) is 3.78. The zero-order chi connectivity index (χ0) is 14.1. The summed E-state index contributed by atoms with van der Waals surface area (Å²) >= 11 is 3.21. The molecular formula is C15H17BrFN3. The number of nitrogens with one attached hydrogen (secondary N) is 1. The first kappa shape index (κ1) is 13.6. The summed E-state index contributed by atoms with van der Waals surface area (Å²) in [5.41, 5.74) is 1.84. The number of nitrogens with zero attached hydrogens (tertiary/aromatic N) is 2. The van der Waals surface area contributed by atoms with Gasteiger partial charge < -0.3 is 9.88 Å². The molecule has 1 aliphatic carbocycles. The summed E-state index contributed by atoms with van der Waals surface area (Å²) in [6.07, 6.45) is 7.07. The van der Waals surface area contributed by atoms with Crippen LogP contribution in [0.1, 0.15) is 37.4 Å². The summed E-state index contributed by atoms with van der Waals surface area (Å²) in [6, 6.07) is 5.44. The Hall–Kier alpha value is -1.36. The van der Waals surface area contributed by atoms with E-state index >= 15 is 0 Å². The first-order chi connectivity index (χ1) is 9.63. The molecule has 1 N–H and O–H groups in total. The molecule has 0 saturated heterocycles. The minimum atomic E-state index is -0.258. The summed E-state index contributed by atoms with van der Waals surface area (Å²) in [4.78, 5) is 4.55. The van der Waals surface area contributed by atoms with E-state index in [9.17, 15) is 4.39 Å². The summed E-state index contributed by atoms with van der Waals surface area (Å²) in [5, 5.41) is 3.29. The smallest absolute Gasteiger partial charge is 0.207 e. The van der Waals surface area contributed by atoms with Gasteiger partial charge in [-0.05, 0) is 53.9 Å². The second kappa shape index (κ2) is 5.56. The van der Waals surface area contributed by atoms with Crippen LogP contribution in [-0.4, -0.2) is 9.55 Å². The van der Waals surface area contributed by atoms with Crippen LogP contribution in [0.4, 0.5) is 16.0 Å². The van der Waals surface area contributed by atoms with Crippen LogP contribution in [0.2, 0.25) is 0 Å². The lowest BCUT2D eigenvalue weighted by atomic mass is 10.2. The van der Waals surface area contributed by atoms with E-state index in [0.29, 0.717) is 10.5 Å². The van der Waals surface area contributed by atoms with Gasteiger partial charge in [0.15, 0.2) is 0 Å². The van der Waals surface area contributed by atoms with Crippen molar-refractivity contribution in [3.8, 4) is 0 Å². The van der Waals surface area contributed by atoms with Gasteiger partial charge in [0.25, 0.3) is 0 Å². The van der Waals surface area contributed by atoms with Gasteiger partial charge in [0.05, 0.1) is 10.2 Å². The zero-order valence-corrected chi connectivity index (χ0v) is 13.0. The molecule has 1 aromatic heterocycles. The summed E-state index contributed by atoms with van der Waals surface area (Å²) < 4.78 is 15.9. The minimum absolute atomic E-state index is 0.258. The van der Waals surface area contributed by atoms with Crippen molar-refractivity contribution in [2.75, 3.05) is 5.32 Å². The van der Waals surface area contributed by atoms with Gasteiger partial charge in [-0.3, -0.25) is 0 Å². The van der Waals surface area contributed by atoms with Crippen LogP contribution in [0, 0.1) is 12.7 Å². The molecule has 1 aromatic carbocycles. The Morgan fingerprint density at radius 2 is 2.10 bits per heavy atom. The molecule has 0 radical (unpaired) electrons. The molecule has 1 saturated carbocycles. The fourth-order valence-corrected chi connectivity index (χ4v) is 3.15. The summed E-state index contributed by atoms with van der Waals surface area (Å²) in [5.74, 6) is 0.582. The molecule has 0 spiro atoms. The number of benzene rings is 1. The first-order valence-electron chi connectivity index (χ1n) is 6.91. The molecule has 0 unspecified atom stereocenters. The maximum absolute atomic E-state index is 13.3. The zero-order valence-electron chi connectivity index (χ0n) is 11.4. The number of hydrogen-bond acceptors (Lipinski definition) is 2. The van der Waals surface area contributed by atoms with Gasteiger partial charge in [-0.1, -0.05) is 12.8 Å². The van der Waals surface area contributed by atoms with Gasteiger partial charge in [-0.15, -0.1) is 0 Å². The fourth-order valence-electron chi connectivity index (χ4n) is 2.77. The lowest BCUT2D eigenvalue weighted by Crippen LogP contribution is -2.07. The highest BCUT2D eigenvalue weighted by Crippen LogP contribution is 2.33. The Labute approximate surface area is 126 Å². The molecular weight excluding hydrogens is 321 g/mol. The third-order valence-corrected chi connectivity index (χ3v) is 4.35. The number of imidazole rings is 1. The lowest BCUT2D eigenvalue weighted by Gasteiger charge is -2.15. The van der Waals surface area contributed by atoms with Gasteiger partial charge in [-0.2, -0.15) is 0 Å². The number of anilines is 2. The third kappa shape index (κ3) is 2.73. The number of aromatic nitrogens is 2. The molecule has 1 heterocycles. The van der Waals surface area contributed by atoms with Crippen molar-refractivity contribution in [1.29, 1.82) is 0 Å². The normalized spacial score (nSPS) is 15.8. The van der Waals surface area contributed by atoms with Crippen LogP contribution in [-0.2, 0) is 0 Å². The van der Waals surface area contributed by atoms with Crippen molar-refractivity contribution in [3.63, 3.8) is 0 Å². The van der Waals surface area contributed by atoms with Crippen LogP contribution in [0.25, 0.3) is 0 Å². The SMILES string of the molecule is Cc1cn(C2CCCC2)c(Nc2ccc(F)c(Br)c2)n1. The quantitative estimate of drug-likeness (QED) is 0.858. The van der Waals surface area contributed by atoms with Crippen LogP contribution in [0.15, 0.2) is 28.9 Å². The summed E-state index contributed by atoms with van der Waals surface area (Å²) in [7, 11) is 0. The van der Waals surface area contributed by atoms with Crippen molar-refractivity contribution in [2.45, 2.75) is 38.6 Å².